The summed E-state index contributed by atoms with van der Waals surface area (Å²) in [6.07, 6.45) is 3.08. The van der Waals surface area contributed by atoms with Crippen molar-refractivity contribution in [3.63, 3.8) is 0 Å². The molecule has 20 heavy (non-hydrogen) atoms. The van der Waals surface area contributed by atoms with Crippen LogP contribution in [0.2, 0.25) is 5.15 Å². The van der Waals surface area contributed by atoms with Gasteiger partial charge in [0.2, 0.25) is 0 Å². The SMILES string of the molecule is Cc1cnc(Cl)c(NS(=O)(=O)/C=C/c2ccccc2)c1. The summed E-state index contributed by atoms with van der Waals surface area (Å²) in [6, 6.07) is 10.8. The molecule has 0 atom stereocenters. The minimum atomic E-state index is -3.63. The van der Waals surface area contributed by atoms with Crippen molar-refractivity contribution in [2.75, 3.05) is 4.72 Å². The van der Waals surface area contributed by atoms with Gasteiger partial charge < -0.3 is 0 Å². The lowest BCUT2D eigenvalue weighted by molar-refractivity contribution is 0.609. The number of benzene rings is 1. The van der Waals surface area contributed by atoms with E-state index in [4.69, 9.17) is 11.6 Å². The topological polar surface area (TPSA) is 59.1 Å². The number of rotatable bonds is 4. The van der Waals surface area contributed by atoms with Crippen molar-refractivity contribution in [1.82, 2.24) is 4.98 Å². The van der Waals surface area contributed by atoms with Gasteiger partial charge in [-0.2, -0.15) is 0 Å². The molecule has 0 unspecified atom stereocenters. The van der Waals surface area contributed by atoms with Crippen LogP contribution < -0.4 is 4.72 Å². The third-order valence-corrected chi connectivity index (χ3v) is 3.77. The van der Waals surface area contributed by atoms with E-state index in [9.17, 15) is 8.42 Å². The summed E-state index contributed by atoms with van der Waals surface area (Å²) in [4.78, 5) is 3.90. The minimum Gasteiger partial charge on any atom is -0.277 e. The second kappa shape index (κ2) is 6.07. The number of halogens is 1. The second-order valence-corrected chi connectivity index (χ2v) is 6.14. The van der Waals surface area contributed by atoms with Crippen LogP contribution in [0.3, 0.4) is 0 Å². The van der Waals surface area contributed by atoms with Crippen LogP contribution in [0.25, 0.3) is 6.08 Å². The molecule has 0 fully saturated rings. The average molecular weight is 309 g/mol. The molecule has 1 aromatic carbocycles. The first-order valence-corrected chi connectivity index (χ1v) is 7.77. The van der Waals surface area contributed by atoms with Gasteiger partial charge in [-0.3, -0.25) is 4.72 Å². The lowest BCUT2D eigenvalue weighted by Gasteiger charge is -2.06. The van der Waals surface area contributed by atoms with E-state index in [1.54, 1.807) is 19.2 Å². The van der Waals surface area contributed by atoms with E-state index in [0.717, 1.165) is 16.5 Å². The Hall–Kier alpha value is -1.85. The Bertz CT molecular complexity index is 728. The van der Waals surface area contributed by atoms with Gasteiger partial charge in [0.25, 0.3) is 10.0 Å². The van der Waals surface area contributed by atoms with E-state index < -0.39 is 10.0 Å². The lowest BCUT2D eigenvalue weighted by Crippen LogP contribution is -2.09. The van der Waals surface area contributed by atoms with E-state index in [0.29, 0.717) is 0 Å². The highest BCUT2D eigenvalue weighted by atomic mass is 35.5. The molecule has 4 nitrogen and oxygen atoms in total. The first-order valence-electron chi connectivity index (χ1n) is 5.84. The van der Waals surface area contributed by atoms with Gasteiger partial charge in [0, 0.05) is 6.20 Å². The molecule has 0 saturated carbocycles. The van der Waals surface area contributed by atoms with Gasteiger partial charge in [0.05, 0.1) is 11.1 Å². The molecule has 1 N–H and O–H groups in total. The number of nitrogens with one attached hydrogen (secondary N) is 1. The van der Waals surface area contributed by atoms with Gasteiger partial charge in [0.15, 0.2) is 5.15 Å². The van der Waals surface area contributed by atoms with Crippen LogP contribution in [0.15, 0.2) is 48.0 Å². The van der Waals surface area contributed by atoms with Gasteiger partial charge in [-0.05, 0) is 30.2 Å². The summed E-state index contributed by atoms with van der Waals surface area (Å²) < 4.78 is 26.3. The molecule has 0 aliphatic carbocycles. The molecule has 2 aromatic rings. The van der Waals surface area contributed by atoms with Gasteiger partial charge in [0.1, 0.15) is 0 Å². The van der Waals surface area contributed by atoms with Crippen molar-refractivity contribution in [3.8, 4) is 0 Å². The minimum absolute atomic E-state index is 0.118. The van der Waals surface area contributed by atoms with E-state index in [1.165, 1.54) is 6.08 Å². The van der Waals surface area contributed by atoms with Crippen molar-refractivity contribution >= 4 is 33.4 Å². The van der Waals surface area contributed by atoms with Crippen molar-refractivity contribution in [2.45, 2.75) is 6.92 Å². The molecule has 104 valence electrons. The zero-order chi connectivity index (χ0) is 14.6. The molecule has 0 aliphatic heterocycles. The molecule has 2 rings (SSSR count). The Morgan fingerprint density at radius 3 is 2.65 bits per heavy atom. The van der Waals surface area contributed by atoms with Gasteiger partial charge in [-0.15, -0.1) is 0 Å². The Balaban J connectivity index is 2.19. The zero-order valence-corrected chi connectivity index (χ0v) is 12.3. The highest BCUT2D eigenvalue weighted by Crippen LogP contribution is 2.21. The zero-order valence-electron chi connectivity index (χ0n) is 10.7. The first-order chi connectivity index (χ1) is 9.46. The van der Waals surface area contributed by atoms with E-state index in [2.05, 4.69) is 9.71 Å². The number of anilines is 1. The number of hydrogen-bond donors (Lipinski definition) is 1. The van der Waals surface area contributed by atoms with Gasteiger partial charge in [-0.1, -0.05) is 41.9 Å². The summed E-state index contributed by atoms with van der Waals surface area (Å²) in [5.74, 6) is 0. The molecule has 1 heterocycles. The van der Waals surface area contributed by atoms with Crippen LogP contribution in [0.5, 0.6) is 0 Å². The highest BCUT2D eigenvalue weighted by Gasteiger charge is 2.09. The van der Waals surface area contributed by atoms with E-state index >= 15 is 0 Å². The maximum atomic E-state index is 12.0. The quantitative estimate of drug-likeness (QED) is 0.880. The Labute approximate surface area is 123 Å². The molecule has 0 spiro atoms. The molecule has 6 heteroatoms. The van der Waals surface area contributed by atoms with E-state index in [1.807, 2.05) is 30.3 Å². The molecule has 1 aromatic heterocycles. The van der Waals surface area contributed by atoms with Crippen molar-refractivity contribution in [2.24, 2.45) is 0 Å². The maximum Gasteiger partial charge on any atom is 0.255 e. The largest absolute Gasteiger partial charge is 0.277 e. The number of aromatic nitrogens is 1. The number of pyridine rings is 1. The fourth-order valence-corrected chi connectivity index (χ4v) is 2.62. The monoisotopic (exact) mass is 308 g/mol. The number of nitrogens with zero attached hydrogens (tertiary/aromatic N) is 1. The van der Waals surface area contributed by atoms with Crippen LogP contribution in [0.1, 0.15) is 11.1 Å². The normalized spacial score (nSPS) is 11.7. The standard InChI is InChI=1S/C14H13ClN2O2S/c1-11-9-13(14(15)16-10-11)17-20(18,19)8-7-12-5-3-2-4-6-12/h2-10,17H,1H3/b8-7+. The van der Waals surface area contributed by atoms with Crippen molar-refractivity contribution < 1.29 is 8.42 Å². The predicted octanol–water partition coefficient (Wildman–Crippen LogP) is 3.46. The molecule has 0 amide bonds. The van der Waals surface area contributed by atoms with Crippen molar-refractivity contribution in [3.05, 3.63) is 64.3 Å². The smallest absolute Gasteiger partial charge is 0.255 e. The Kier molecular flexibility index (Phi) is 4.42. The fraction of sp³-hybridized carbons (Fsp3) is 0.0714. The molecule has 0 saturated heterocycles. The Morgan fingerprint density at radius 2 is 1.95 bits per heavy atom. The average Bonchev–Trinajstić information content (AvgIpc) is 2.42. The molecule has 0 radical (unpaired) electrons. The summed E-state index contributed by atoms with van der Waals surface area (Å²) in [7, 11) is -3.63. The summed E-state index contributed by atoms with van der Waals surface area (Å²) in [5, 5.41) is 1.22. The summed E-state index contributed by atoms with van der Waals surface area (Å²) in [5.41, 5.74) is 1.88. The van der Waals surface area contributed by atoms with Gasteiger partial charge >= 0.3 is 0 Å². The predicted molar refractivity (Wildman–Crippen MR) is 82.0 cm³/mol. The molecular weight excluding hydrogens is 296 g/mol. The number of aryl methyl sites for hydroxylation is 1. The van der Waals surface area contributed by atoms with Crippen LogP contribution in [0.4, 0.5) is 5.69 Å². The number of sulfonamides is 1. The maximum absolute atomic E-state index is 12.0. The summed E-state index contributed by atoms with van der Waals surface area (Å²) >= 11 is 5.86. The third kappa shape index (κ3) is 4.08. The number of hydrogen-bond acceptors (Lipinski definition) is 3. The summed E-state index contributed by atoms with van der Waals surface area (Å²) in [6.45, 7) is 1.81. The third-order valence-electron chi connectivity index (χ3n) is 2.47. The van der Waals surface area contributed by atoms with Crippen molar-refractivity contribution in [1.29, 1.82) is 0 Å². The van der Waals surface area contributed by atoms with Gasteiger partial charge in [-0.25, -0.2) is 13.4 Å². The van der Waals surface area contributed by atoms with Crippen LogP contribution in [0, 0.1) is 6.92 Å². The lowest BCUT2D eigenvalue weighted by atomic mass is 10.2. The molecule has 0 bridgehead atoms. The van der Waals surface area contributed by atoms with E-state index in [-0.39, 0.29) is 10.8 Å². The molecule has 0 aliphatic rings. The highest BCUT2D eigenvalue weighted by molar-refractivity contribution is 7.95. The van der Waals surface area contributed by atoms with Crippen LogP contribution >= 0.6 is 11.6 Å². The van der Waals surface area contributed by atoms with Crippen LogP contribution in [-0.4, -0.2) is 13.4 Å². The first kappa shape index (κ1) is 14.6. The van der Waals surface area contributed by atoms with Crippen LogP contribution in [-0.2, 0) is 10.0 Å². The Morgan fingerprint density at radius 1 is 1.25 bits per heavy atom. The fourth-order valence-electron chi connectivity index (χ4n) is 1.54. The molecular formula is C14H13ClN2O2S. The second-order valence-electron chi connectivity index (χ2n) is 4.21.